The Morgan fingerprint density at radius 3 is 1.00 bits per heavy atom. The van der Waals surface area contributed by atoms with Gasteiger partial charge in [0.1, 0.15) is 0 Å². The van der Waals surface area contributed by atoms with Gasteiger partial charge >= 0.3 is 0 Å². The van der Waals surface area contributed by atoms with Crippen LogP contribution in [0, 0.1) is 12.8 Å². The van der Waals surface area contributed by atoms with E-state index in [1.54, 1.807) is 0 Å². The molecule has 1 aliphatic rings. The van der Waals surface area contributed by atoms with E-state index < -0.39 is 0 Å². The fourth-order valence-electron chi connectivity index (χ4n) is 2.78. The standard InChI is InChI=1S/C16H31.Y/c1-16-14-12-10-8-6-4-2-3-5-7-9-11-13-15-16;/h16H,1-15H2;/q-1;. The van der Waals surface area contributed by atoms with Crippen molar-refractivity contribution in [3.63, 3.8) is 0 Å². The van der Waals surface area contributed by atoms with Gasteiger partial charge in [0, 0.05) is 32.7 Å². The predicted octanol–water partition coefficient (Wildman–Crippen LogP) is 5.91. The Morgan fingerprint density at radius 1 is 0.471 bits per heavy atom. The Morgan fingerprint density at radius 2 is 0.706 bits per heavy atom. The molecule has 1 saturated carbocycles. The Balaban J connectivity index is 0.00000256. The van der Waals surface area contributed by atoms with Crippen molar-refractivity contribution in [2.45, 2.75) is 89.9 Å². The summed E-state index contributed by atoms with van der Waals surface area (Å²) in [7, 11) is 0. The second-order valence-electron chi connectivity index (χ2n) is 5.69. The SMILES string of the molecule is [CH2-]C1CCCCCCCCCCCCCC1.[Y]. The molecule has 0 aromatic carbocycles. The van der Waals surface area contributed by atoms with Gasteiger partial charge in [0.25, 0.3) is 0 Å². The van der Waals surface area contributed by atoms with Gasteiger partial charge in [-0.15, -0.1) is 0 Å². The van der Waals surface area contributed by atoms with Crippen LogP contribution in [0.5, 0.6) is 0 Å². The molecule has 1 aliphatic carbocycles. The normalized spacial score (nSPS) is 23.1. The molecule has 0 nitrogen and oxygen atoms in total. The van der Waals surface area contributed by atoms with E-state index in [1.807, 2.05) is 0 Å². The molecule has 0 bridgehead atoms. The fourth-order valence-corrected chi connectivity index (χ4v) is 2.78. The van der Waals surface area contributed by atoms with E-state index in [0.717, 1.165) is 5.92 Å². The Bertz CT molecular complexity index is 128. The van der Waals surface area contributed by atoms with Crippen LogP contribution in [0.1, 0.15) is 89.9 Å². The van der Waals surface area contributed by atoms with Gasteiger partial charge in [-0.05, 0) is 0 Å². The van der Waals surface area contributed by atoms with E-state index in [2.05, 4.69) is 6.92 Å². The minimum absolute atomic E-state index is 0. The van der Waals surface area contributed by atoms with Crippen molar-refractivity contribution in [2.24, 2.45) is 5.92 Å². The van der Waals surface area contributed by atoms with E-state index in [9.17, 15) is 0 Å². The molecule has 0 unspecified atom stereocenters. The molecule has 1 radical (unpaired) electrons. The summed E-state index contributed by atoms with van der Waals surface area (Å²) in [6.45, 7) is 4.29. The maximum absolute atomic E-state index is 4.29. The van der Waals surface area contributed by atoms with Crippen LogP contribution in [0.25, 0.3) is 0 Å². The molecule has 99 valence electrons. The van der Waals surface area contributed by atoms with Crippen LogP contribution in [-0.2, 0) is 32.7 Å². The maximum Gasteiger partial charge on any atom is 0 e. The van der Waals surface area contributed by atoms with Crippen molar-refractivity contribution in [3.05, 3.63) is 6.92 Å². The van der Waals surface area contributed by atoms with Crippen molar-refractivity contribution in [3.8, 4) is 0 Å². The third-order valence-corrected chi connectivity index (χ3v) is 3.97. The smallest absolute Gasteiger partial charge is 0 e. The number of hydrogen-bond donors (Lipinski definition) is 0. The summed E-state index contributed by atoms with van der Waals surface area (Å²) in [5, 5.41) is 0. The molecule has 0 amide bonds. The molecule has 17 heavy (non-hydrogen) atoms. The first-order valence-corrected chi connectivity index (χ1v) is 7.72. The molecular weight excluding hydrogens is 281 g/mol. The van der Waals surface area contributed by atoms with Gasteiger partial charge in [-0.25, -0.2) is 0 Å². The van der Waals surface area contributed by atoms with Crippen LogP contribution in [0.15, 0.2) is 0 Å². The topological polar surface area (TPSA) is 0 Å². The second-order valence-corrected chi connectivity index (χ2v) is 5.69. The van der Waals surface area contributed by atoms with Crippen molar-refractivity contribution < 1.29 is 32.7 Å². The molecule has 1 heteroatoms. The summed E-state index contributed by atoms with van der Waals surface area (Å²) < 4.78 is 0. The van der Waals surface area contributed by atoms with Crippen molar-refractivity contribution in [2.75, 3.05) is 0 Å². The largest absolute Gasteiger partial charge is 0.340 e. The predicted molar refractivity (Wildman–Crippen MR) is 73.5 cm³/mol. The maximum atomic E-state index is 4.29. The summed E-state index contributed by atoms with van der Waals surface area (Å²) in [4.78, 5) is 0. The zero-order valence-corrected chi connectivity index (χ0v) is 14.6. The monoisotopic (exact) mass is 312 g/mol. The van der Waals surface area contributed by atoms with Crippen molar-refractivity contribution >= 4 is 0 Å². The zero-order valence-electron chi connectivity index (χ0n) is 11.8. The first-order chi connectivity index (χ1) is 7.89. The number of hydrogen-bond acceptors (Lipinski definition) is 0. The van der Waals surface area contributed by atoms with Gasteiger partial charge in [0.05, 0.1) is 0 Å². The van der Waals surface area contributed by atoms with Gasteiger partial charge in [-0.3, -0.25) is 0 Å². The average molecular weight is 312 g/mol. The van der Waals surface area contributed by atoms with Crippen molar-refractivity contribution in [1.29, 1.82) is 0 Å². The molecule has 0 N–H and O–H groups in total. The van der Waals surface area contributed by atoms with Crippen LogP contribution in [0.2, 0.25) is 0 Å². The van der Waals surface area contributed by atoms with Crippen LogP contribution < -0.4 is 0 Å². The average Bonchev–Trinajstić information content (AvgIpc) is 2.29. The molecule has 0 atom stereocenters. The molecule has 0 spiro atoms. The molecule has 0 aliphatic heterocycles. The molecule has 0 aromatic heterocycles. The molecule has 1 rings (SSSR count). The van der Waals surface area contributed by atoms with E-state index in [4.69, 9.17) is 0 Å². The van der Waals surface area contributed by atoms with Crippen LogP contribution in [0.4, 0.5) is 0 Å². The van der Waals surface area contributed by atoms with E-state index in [-0.39, 0.29) is 32.7 Å². The third kappa shape index (κ3) is 11.9. The molecule has 1 fully saturated rings. The van der Waals surface area contributed by atoms with Gasteiger partial charge in [-0.2, -0.15) is 5.92 Å². The van der Waals surface area contributed by atoms with Gasteiger partial charge in [0.2, 0.25) is 0 Å². The van der Waals surface area contributed by atoms with Gasteiger partial charge in [-0.1, -0.05) is 89.9 Å². The third-order valence-electron chi connectivity index (χ3n) is 3.97. The Hall–Kier alpha value is 1.10. The first kappa shape index (κ1) is 18.1. The molecule has 0 aromatic rings. The number of rotatable bonds is 0. The van der Waals surface area contributed by atoms with E-state index in [0.29, 0.717) is 0 Å². The minimum Gasteiger partial charge on any atom is -0.340 e. The van der Waals surface area contributed by atoms with Gasteiger partial charge < -0.3 is 6.92 Å². The summed E-state index contributed by atoms with van der Waals surface area (Å²) in [6, 6.07) is 0. The minimum atomic E-state index is 0. The van der Waals surface area contributed by atoms with Gasteiger partial charge in [0.15, 0.2) is 0 Å². The summed E-state index contributed by atoms with van der Waals surface area (Å²) in [5.74, 6) is 0.741. The quantitative estimate of drug-likeness (QED) is 0.488. The van der Waals surface area contributed by atoms with Crippen LogP contribution in [-0.4, -0.2) is 0 Å². The van der Waals surface area contributed by atoms with Crippen LogP contribution in [0.3, 0.4) is 0 Å². The van der Waals surface area contributed by atoms with E-state index in [1.165, 1.54) is 89.9 Å². The Labute approximate surface area is 135 Å². The molecule has 0 saturated heterocycles. The molecular formula is C16H31Y-. The van der Waals surface area contributed by atoms with Crippen LogP contribution >= 0.6 is 0 Å². The second kappa shape index (κ2) is 13.5. The zero-order chi connectivity index (χ0) is 11.5. The first-order valence-electron chi connectivity index (χ1n) is 7.72. The summed E-state index contributed by atoms with van der Waals surface area (Å²) >= 11 is 0. The fraction of sp³-hybridized carbons (Fsp3) is 0.938. The Kier molecular flexibility index (Phi) is 14.4. The summed E-state index contributed by atoms with van der Waals surface area (Å²) in [5.41, 5.74) is 0. The molecule has 0 heterocycles. The van der Waals surface area contributed by atoms with E-state index >= 15 is 0 Å². The van der Waals surface area contributed by atoms with Crippen molar-refractivity contribution in [1.82, 2.24) is 0 Å². The summed E-state index contributed by atoms with van der Waals surface area (Å²) in [6.07, 6.45) is 20.3.